The van der Waals surface area contributed by atoms with Crippen LogP contribution in [0.4, 0.5) is 0 Å². The molecule has 4 aromatic rings. The highest BCUT2D eigenvalue weighted by molar-refractivity contribution is 6.31. The molecule has 0 radical (unpaired) electrons. The molecule has 0 aromatic heterocycles. The topological polar surface area (TPSA) is 26.7 Å². The maximum atomic E-state index is 10.1. The third kappa shape index (κ3) is 5.91. The zero-order chi connectivity index (χ0) is 29.4. The Bertz CT molecular complexity index is 1520. The number of nitrogens with zero attached hydrogens (tertiary/aromatic N) is 2. The number of hydrogen-bond acceptors (Lipinski definition) is 3. The molecule has 0 amide bonds. The van der Waals surface area contributed by atoms with Crippen molar-refractivity contribution in [1.29, 1.82) is 0 Å². The molecule has 1 heterocycles. The van der Waals surface area contributed by atoms with E-state index in [-0.39, 0.29) is 5.54 Å². The quantitative estimate of drug-likeness (QED) is 0.255. The molecular weight excluding hydrogens is 559 g/mol. The van der Waals surface area contributed by atoms with Gasteiger partial charge in [-0.1, -0.05) is 96.0 Å². The molecule has 0 unspecified atom stereocenters. The predicted molar refractivity (Wildman–Crippen MR) is 175 cm³/mol. The molecule has 5 heteroatoms. The molecule has 1 saturated heterocycles. The number of hydrogen-bond donors (Lipinski definition) is 1. The first kappa shape index (κ1) is 29.4. The average Bonchev–Trinajstić information content (AvgIpc) is 3.53. The van der Waals surface area contributed by atoms with Crippen LogP contribution >= 0.6 is 23.2 Å². The van der Waals surface area contributed by atoms with Crippen LogP contribution in [-0.4, -0.2) is 47.1 Å². The molecule has 4 atom stereocenters. The Kier molecular flexibility index (Phi) is 8.51. The summed E-state index contributed by atoms with van der Waals surface area (Å²) in [6.07, 6.45) is 1.51. The number of likely N-dealkylation sites (N-methyl/N-ethyl adjacent to an activating group) is 1. The Labute approximate surface area is 260 Å². The molecule has 7 rings (SSSR count). The van der Waals surface area contributed by atoms with Gasteiger partial charge in [0.2, 0.25) is 0 Å². The Morgan fingerprint density at radius 1 is 0.667 bits per heavy atom. The van der Waals surface area contributed by atoms with Crippen molar-refractivity contribution in [1.82, 2.24) is 9.80 Å². The molecule has 1 aliphatic heterocycles. The van der Waals surface area contributed by atoms with Gasteiger partial charge in [-0.25, -0.2) is 0 Å². The smallest absolute Gasteiger partial charge is 0.0802 e. The van der Waals surface area contributed by atoms with Crippen LogP contribution in [0.2, 0.25) is 10.0 Å². The van der Waals surface area contributed by atoms with Crippen molar-refractivity contribution in [3.8, 4) is 0 Å². The standard InChI is InChI=1S/C22H27ClN2.C15H13ClO/c1-22(2)15-25(12-11-24(22)3)21-14-19(16-7-5-4-6-8-16)18-10-9-17(23)13-20(18)21;16-11-6-7-12-13(9-15(17)14(12)8-11)10-4-2-1-3-5-10/h4-10,13,19,21H,11-12,14-15H2,1-3H3;1-8,13,15,17H,9H2/t19-,21+;13-,15-/m00/s1. The van der Waals surface area contributed by atoms with Crippen LogP contribution in [0.25, 0.3) is 0 Å². The number of rotatable bonds is 3. The highest BCUT2D eigenvalue weighted by Gasteiger charge is 2.40. The second-order valence-corrected chi connectivity index (χ2v) is 13.6. The summed E-state index contributed by atoms with van der Waals surface area (Å²) in [6, 6.07) is 34.0. The van der Waals surface area contributed by atoms with Gasteiger partial charge in [0.25, 0.3) is 0 Å². The lowest BCUT2D eigenvalue weighted by Gasteiger charge is -2.47. The monoisotopic (exact) mass is 598 g/mol. The van der Waals surface area contributed by atoms with Gasteiger partial charge in [-0.3, -0.25) is 9.80 Å². The fourth-order valence-electron chi connectivity index (χ4n) is 7.15. The van der Waals surface area contributed by atoms with Crippen molar-refractivity contribution in [2.24, 2.45) is 0 Å². The number of benzene rings is 4. The average molecular weight is 600 g/mol. The van der Waals surface area contributed by atoms with Crippen LogP contribution in [0.3, 0.4) is 0 Å². The van der Waals surface area contributed by atoms with Crippen LogP contribution < -0.4 is 0 Å². The number of piperazine rings is 1. The molecule has 3 aliphatic rings. The molecule has 3 nitrogen and oxygen atoms in total. The minimum absolute atomic E-state index is 0.210. The fourth-order valence-corrected chi connectivity index (χ4v) is 7.51. The minimum atomic E-state index is -0.395. The van der Waals surface area contributed by atoms with Crippen molar-refractivity contribution >= 4 is 23.2 Å². The number of fused-ring (bicyclic) bond motifs is 2. The van der Waals surface area contributed by atoms with Gasteiger partial charge in [-0.2, -0.15) is 0 Å². The van der Waals surface area contributed by atoms with Crippen LogP contribution in [0.15, 0.2) is 97.1 Å². The molecular formula is C37H40Cl2N2O. The van der Waals surface area contributed by atoms with E-state index in [9.17, 15) is 5.11 Å². The van der Waals surface area contributed by atoms with Crippen LogP contribution in [0, 0.1) is 0 Å². The molecule has 2 aliphatic carbocycles. The second kappa shape index (κ2) is 12.1. The maximum absolute atomic E-state index is 10.1. The van der Waals surface area contributed by atoms with Gasteiger partial charge in [0.1, 0.15) is 0 Å². The van der Waals surface area contributed by atoms with E-state index in [0.717, 1.165) is 43.1 Å². The summed E-state index contributed by atoms with van der Waals surface area (Å²) in [4.78, 5) is 5.16. The number of aliphatic hydroxyl groups is 1. The summed E-state index contributed by atoms with van der Waals surface area (Å²) in [5, 5.41) is 11.6. The predicted octanol–water partition coefficient (Wildman–Crippen LogP) is 8.85. The molecule has 4 aromatic carbocycles. The number of halogens is 2. The van der Waals surface area contributed by atoms with E-state index in [1.807, 2.05) is 42.5 Å². The maximum Gasteiger partial charge on any atom is 0.0802 e. The zero-order valence-corrected chi connectivity index (χ0v) is 26.2. The summed E-state index contributed by atoms with van der Waals surface area (Å²) < 4.78 is 0. The van der Waals surface area contributed by atoms with Gasteiger partial charge in [0, 0.05) is 53.1 Å². The first-order valence-electron chi connectivity index (χ1n) is 15.0. The lowest BCUT2D eigenvalue weighted by atomic mass is 9.93. The first-order valence-corrected chi connectivity index (χ1v) is 15.8. The van der Waals surface area contributed by atoms with Crippen molar-refractivity contribution in [3.05, 3.63) is 140 Å². The summed E-state index contributed by atoms with van der Waals surface area (Å²) in [6.45, 7) is 8.04. The third-order valence-electron chi connectivity index (χ3n) is 9.68. The number of aliphatic hydroxyl groups excluding tert-OH is 1. The Balaban J connectivity index is 0.000000162. The SMILES string of the molecule is CN1CCN([C@@H]2C[C@@H](c3ccccc3)c3ccc(Cl)cc32)CC1(C)C.O[C@H]1C[C@@H](c2ccccc2)c2ccc(Cl)cc21. The molecule has 1 N–H and O–H groups in total. The molecule has 0 bridgehead atoms. The van der Waals surface area contributed by atoms with E-state index < -0.39 is 6.10 Å². The highest BCUT2D eigenvalue weighted by Crippen LogP contribution is 2.48. The largest absolute Gasteiger partial charge is 0.388 e. The van der Waals surface area contributed by atoms with E-state index in [4.69, 9.17) is 23.2 Å². The van der Waals surface area contributed by atoms with E-state index in [2.05, 4.69) is 85.3 Å². The van der Waals surface area contributed by atoms with E-state index in [1.165, 1.54) is 27.8 Å². The van der Waals surface area contributed by atoms with Gasteiger partial charge >= 0.3 is 0 Å². The second-order valence-electron chi connectivity index (χ2n) is 12.7. The summed E-state index contributed by atoms with van der Waals surface area (Å²) in [5.74, 6) is 0.764. The van der Waals surface area contributed by atoms with Crippen molar-refractivity contribution < 1.29 is 5.11 Å². The van der Waals surface area contributed by atoms with Gasteiger partial charge in [-0.05, 0) is 91.4 Å². The lowest BCUT2D eigenvalue weighted by Crippen LogP contribution is -2.58. The third-order valence-corrected chi connectivity index (χ3v) is 10.1. The molecule has 42 heavy (non-hydrogen) atoms. The van der Waals surface area contributed by atoms with E-state index in [0.29, 0.717) is 22.9 Å². The Hall–Kier alpha value is -2.66. The van der Waals surface area contributed by atoms with Gasteiger partial charge in [0.05, 0.1) is 6.10 Å². The summed E-state index contributed by atoms with van der Waals surface area (Å²) >= 11 is 12.3. The van der Waals surface area contributed by atoms with Gasteiger partial charge in [-0.15, -0.1) is 0 Å². The fraction of sp³-hybridized carbons (Fsp3) is 0.351. The van der Waals surface area contributed by atoms with Crippen LogP contribution in [-0.2, 0) is 0 Å². The van der Waals surface area contributed by atoms with Gasteiger partial charge in [0.15, 0.2) is 0 Å². The van der Waals surface area contributed by atoms with Crippen LogP contribution in [0.1, 0.15) is 84.1 Å². The molecule has 218 valence electrons. The molecule has 1 fully saturated rings. The van der Waals surface area contributed by atoms with E-state index >= 15 is 0 Å². The molecule has 0 saturated carbocycles. The van der Waals surface area contributed by atoms with Gasteiger partial charge < -0.3 is 5.11 Å². The summed E-state index contributed by atoms with van der Waals surface area (Å²) in [7, 11) is 2.24. The zero-order valence-electron chi connectivity index (χ0n) is 24.7. The Morgan fingerprint density at radius 2 is 1.19 bits per heavy atom. The van der Waals surface area contributed by atoms with Crippen molar-refractivity contribution in [2.75, 3.05) is 26.7 Å². The minimum Gasteiger partial charge on any atom is -0.388 e. The molecule has 0 spiro atoms. The summed E-state index contributed by atoms with van der Waals surface area (Å²) in [5.41, 5.74) is 7.95. The lowest BCUT2D eigenvalue weighted by molar-refractivity contribution is 0.0158. The van der Waals surface area contributed by atoms with E-state index in [1.54, 1.807) is 0 Å². The first-order chi connectivity index (χ1) is 20.2. The Morgan fingerprint density at radius 3 is 1.76 bits per heavy atom. The van der Waals surface area contributed by atoms with Crippen molar-refractivity contribution in [2.45, 2.75) is 56.2 Å². The van der Waals surface area contributed by atoms with Crippen LogP contribution in [0.5, 0.6) is 0 Å². The van der Waals surface area contributed by atoms with Crippen molar-refractivity contribution in [3.63, 3.8) is 0 Å². The highest BCUT2D eigenvalue weighted by atomic mass is 35.5. The normalized spacial score (nSPS) is 24.9.